The van der Waals surface area contributed by atoms with E-state index in [-0.39, 0.29) is 30.4 Å². The summed E-state index contributed by atoms with van der Waals surface area (Å²) >= 11 is 0. The third-order valence-corrected chi connectivity index (χ3v) is 4.31. The van der Waals surface area contributed by atoms with E-state index < -0.39 is 11.6 Å². The first-order chi connectivity index (χ1) is 9.61. The molecule has 1 amide bonds. The number of nitrogens with two attached hydrogens (primary N) is 1. The van der Waals surface area contributed by atoms with E-state index in [4.69, 9.17) is 15.2 Å². The lowest BCUT2D eigenvalue weighted by Gasteiger charge is -2.35. The molecule has 1 saturated carbocycles. The number of halogens is 1. The van der Waals surface area contributed by atoms with Crippen LogP contribution in [0.2, 0.25) is 0 Å². The number of rotatable bonds is 4. The van der Waals surface area contributed by atoms with Gasteiger partial charge < -0.3 is 20.5 Å². The Bertz CT molecular complexity index is 372. The molecule has 0 aromatic heterocycles. The zero-order chi connectivity index (χ0) is 14.6. The molecule has 0 bridgehead atoms. The Balaban J connectivity index is 0.00000220. The smallest absolute Gasteiger partial charge is 0.331 e. The van der Waals surface area contributed by atoms with Crippen LogP contribution in [0.3, 0.4) is 0 Å². The second kappa shape index (κ2) is 7.96. The van der Waals surface area contributed by atoms with Crippen LogP contribution in [0, 0.1) is 0 Å². The van der Waals surface area contributed by atoms with Crippen molar-refractivity contribution in [1.82, 2.24) is 5.32 Å². The Morgan fingerprint density at radius 3 is 2.48 bits per heavy atom. The van der Waals surface area contributed by atoms with E-state index in [1.807, 2.05) is 0 Å². The maximum Gasteiger partial charge on any atom is 0.331 e. The van der Waals surface area contributed by atoms with Crippen molar-refractivity contribution >= 4 is 24.3 Å². The lowest BCUT2D eigenvalue weighted by Crippen LogP contribution is -2.58. The van der Waals surface area contributed by atoms with Gasteiger partial charge in [0, 0.05) is 6.54 Å². The van der Waals surface area contributed by atoms with Crippen molar-refractivity contribution in [3.8, 4) is 0 Å². The average molecular weight is 321 g/mol. The second-order valence-electron chi connectivity index (χ2n) is 5.68. The highest BCUT2D eigenvalue weighted by atomic mass is 35.5. The van der Waals surface area contributed by atoms with Crippen LogP contribution in [0.4, 0.5) is 0 Å². The molecule has 3 N–H and O–H groups in total. The molecular weight excluding hydrogens is 296 g/mol. The highest BCUT2D eigenvalue weighted by molar-refractivity contribution is 5.90. The molecule has 7 heteroatoms. The van der Waals surface area contributed by atoms with Gasteiger partial charge in [0.15, 0.2) is 0 Å². The number of nitrogens with one attached hydrogen (secondary N) is 1. The quantitative estimate of drug-likeness (QED) is 0.751. The summed E-state index contributed by atoms with van der Waals surface area (Å²) in [5.41, 5.74) is 4.68. The average Bonchev–Trinajstić information content (AvgIpc) is 2.96. The van der Waals surface area contributed by atoms with Gasteiger partial charge in [-0.1, -0.05) is 19.3 Å². The molecule has 0 radical (unpaired) electrons. The van der Waals surface area contributed by atoms with E-state index in [0.29, 0.717) is 25.8 Å². The van der Waals surface area contributed by atoms with Gasteiger partial charge in [0.25, 0.3) is 0 Å². The van der Waals surface area contributed by atoms with Gasteiger partial charge in [0.05, 0.1) is 13.2 Å². The van der Waals surface area contributed by atoms with E-state index in [9.17, 15) is 9.59 Å². The minimum atomic E-state index is -0.867. The van der Waals surface area contributed by atoms with Crippen LogP contribution in [0.15, 0.2) is 0 Å². The summed E-state index contributed by atoms with van der Waals surface area (Å²) in [4.78, 5) is 24.4. The maximum atomic E-state index is 12.3. The Morgan fingerprint density at radius 2 is 1.95 bits per heavy atom. The van der Waals surface area contributed by atoms with Gasteiger partial charge in [-0.2, -0.15) is 0 Å². The Hall–Kier alpha value is -0.850. The van der Waals surface area contributed by atoms with Crippen LogP contribution < -0.4 is 11.1 Å². The number of hydrogen-bond acceptors (Lipinski definition) is 5. The molecule has 1 saturated heterocycles. The molecule has 2 fully saturated rings. The van der Waals surface area contributed by atoms with Gasteiger partial charge in [0.2, 0.25) is 5.91 Å². The number of carbonyl (C=O) groups excluding carboxylic acids is 2. The lowest BCUT2D eigenvalue weighted by atomic mass is 9.81. The van der Waals surface area contributed by atoms with Crippen molar-refractivity contribution in [3.05, 3.63) is 0 Å². The summed E-state index contributed by atoms with van der Waals surface area (Å²) < 4.78 is 10.5. The molecule has 0 spiro atoms. The predicted octanol–water partition coefficient (Wildman–Crippen LogP) is 0.907. The van der Waals surface area contributed by atoms with E-state index in [1.54, 1.807) is 0 Å². The molecule has 0 unspecified atom stereocenters. The molecule has 21 heavy (non-hydrogen) atoms. The molecule has 122 valence electrons. The SMILES string of the molecule is COC(=O)C1(NC(=O)[C@@H]2CC[C@H](CN)O2)CCCCC1.Cl. The summed E-state index contributed by atoms with van der Waals surface area (Å²) in [5.74, 6) is -0.563. The first-order valence-electron chi connectivity index (χ1n) is 7.37. The van der Waals surface area contributed by atoms with Crippen LogP contribution in [0.5, 0.6) is 0 Å². The Kier molecular flexibility index (Phi) is 6.90. The Labute approximate surface area is 131 Å². The lowest BCUT2D eigenvalue weighted by molar-refractivity contribution is -0.154. The largest absolute Gasteiger partial charge is 0.467 e. The fourth-order valence-corrected chi connectivity index (χ4v) is 3.12. The zero-order valence-electron chi connectivity index (χ0n) is 12.4. The van der Waals surface area contributed by atoms with Gasteiger partial charge in [-0.25, -0.2) is 4.79 Å². The highest BCUT2D eigenvalue weighted by Crippen LogP contribution is 2.30. The summed E-state index contributed by atoms with van der Waals surface area (Å²) in [6.07, 6.45) is 5.11. The van der Waals surface area contributed by atoms with Crippen molar-refractivity contribution < 1.29 is 19.1 Å². The van der Waals surface area contributed by atoms with Crippen LogP contribution in [0.25, 0.3) is 0 Å². The standard InChI is InChI=1S/C14H24N2O4.ClH/c1-19-13(18)14(7-3-2-4-8-14)16-12(17)11-6-5-10(9-15)20-11;/h10-11H,2-9,15H2,1H3,(H,16,17);1H/t10-,11+;/m1./s1. The first kappa shape index (κ1) is 18.2. The molecule has 6 nitrogen and oxygen atoms in total. The van der Waals surface area contributed by atoms with Crippen molar-refractivity contribution in [2.24, 2.45) is 5.73 Å². The molecule has 0 aromatic carbocycles. The van der Waals surface area contributed by atoms with Crippen LogP contribution in [0.1, 0.15) is 44.9 Å². The normalized spacial score (nSPS) is 27.5. The van der Waals surface area contributed by atoms with Gasteiger partial charge >= 0.3 is 5.97 Å². The highest BCUT2D eigenvalue weighted by Gasteiger charge is 2.44. The van der Waals surface area contributed by atoms with Gasteiger partial charge in [0.1, 0.15) is 11.6 Å². The third-order valence-electron chi connectivity index (χ3n) is 4.31. The molecule has 2 rings (SSSR count). The second-order valence-corrected chi connectivity index (χ2v) is 5.68. The molecule has 2 atom stereocenters. The zero-order valence-corrected chi connectivity index (χ0v) is 13.2. The van der Waals surface area contributed by atoms with Crippen LogP contribution >= 0.6 is 12.4 Å². The number of amides is 1. The monoisotopic (exact) mass is 320 g/mol. The van der Waals surface area contributed by atoms with Crippen LogP contribution in [-0.4, -0.2) is 43.3 Å². The number of ether oxygens (including phenoxy) is 2. The van der Waals surface area contributed by atoms with E-state index in [0.717, 1.165) is 25.7 Å². The number of esters is 1. The Morgan fingerprint density at radius 1 is 1.29 bits per heavy atom. The summed E-state index contributed by atoms with van der Waals surface area (Å²) in [7, 11) is 1.36. The molecular formula is C14H25ClN2O4. The van der Waals surface area contributed by atoms with Crippen molar-refractivity contribution in [2.45, 2.75) is 62.7 Å². The predicted molar refractivity (Wildman–Crippen MR) is 80.2 cm³/mol. The summed E-state index contributed by atoms with van der Waals surface area (Å²) in [6.45, 7) is 0.423. The van der Waals surface area contributed by atoms with Crippen molar-refractivity contribution in [1.29, 1.82) is 0 Å². The van der Waals surface area contributed by atoms with Crippen molar-refractivity contribution in [3.63, 3.8) is 0 Å². The molecule has 0 aromatic rings. The van der Waals surface area contributed by atoms with E-state index in [2.05, 4.69) is 5.32 Å². The fraction of sp³-hybridized carbons (Fsp3) is 0.857. The summed E-state index contributed by atoms with van der Waals surface area (Å²) in [6, 6.07) is 0. The van der Waals surface area contributed by atoms with Gasteiger partial charge in [-0.05, 0) is 25.7 Å². The molecule has 1 heterocycles. The van der Waals surface area contributed by atoms with E-state index >= 15 is 0 Å². The fourth-order valence-electron chi connectivity index (χ4n) is 3.12. The first-order valence-corrected chi connectivity index (χ1v) is 7.37. The number of hydrogen-bond donors (Lipinski definition) is 2. The van der Waals surface area contributed by atoms with Crippen molar-refractivity contribution in [2.75, 3.05) is 13.7 Å². The molecule has 2 aliphatic rings. The van der Waals surface area contributed by atoms with E-state index in [1.165, 1.54) is 7.11 Å². The maximum absolute atomic E-state index is 12.3. The number of methoxy groups -OCH3 is 1. The minimum absolute atomic E-state index is 0. The van der Waals surface area contributed by atoms with Gasteiger partial charge in [-0.15, -0.1) is 12.4 Å². The topological polar surface area (TPSA) is 90.7 Å². The summed E-state index contributed by atoms with van der Waals surface area (Å²) in [5, 5.41) is 2.89. The minimum Gasteiger partial charge on any atom is -0.467 e. The molecule has 1 aliphatic heterocycles. The third kappa shape index (κ3) is 4.08. The number of carbonyl (C=O) groups is 2. The van der Waals surface area contributed by atoms with Gasteiger partial charge in [-0.3, -0.25) is 4.79 Å². The van der Waals surface area contributed by atoms with Crippen LogP contribution in [-0.2, 0) is 19.1 Å². The molecule has 1 aliphatic carbocycles.